The van der Waals surface area contributed by atoms with Gasteiger partial charge < -0.3 is 24.8 Å². The summed E-state index contributed by atoms with van der Waals surface area (Å²) in [6, 6.07) is 0. The maximum Gasteiger partial charge on any atom is 0.114 e. The van der Waals surface area contributed by atoms with E-state index in [9.17, 15) is 15.3 Å². The van der Waals surface area contributed by atoms with Gasteiger partial charge in [-0.2, -0.15) is 0 Å². The fourth-order valence-corrected chi connectivity index (χ4v) is 2.82. The average molecular weight is 330 g/mol. The van der Waals surface area contributed by atoms with E-state index in [0.29, 0.717) is 6.61 Å². The van der Waals surface area contributed by atoms with Crippen LogP contribution in [-0.2, 0) is 9.47 Å². The maximum atomic E-state index is 9.87. The van der Waals surface area contributed by atoms with Gasteiger partial charge in [-0.05, 0) is 19.3 Å². The van der Waals surface area contributed by atoms with Crippen molar-refractivity contribution in [3.05, 3.63) is 12.7 Å². The minimum Gasteiger partial charge on any atom is -0.388 e. The van der Waals surface area contributed by atoms with Crippen molar-refractivity contribution in [3.8, 4) is 0 Å². The fourth-order valence-electron chi connectivity index (χ4n) is 2.82. The van der Waals surface area contributed by atoms with Crippen LogP contribution in [-0.4, -0.2) is 59.6 Å². The van der Waals surface area contributed by atoms with Gasteiger partial charge in [-0.15, -0.1) is 6.58 Å². The molecule has 0 unspecified atom stereocenters. The summed E-state index contributed by atoms with van der Waals surface area (Å²) in [4.78, 5) is 0. The zero-order chi connectivity index (χ0) is 16.9. The molecule has 3 N–H and O–H groups in total. The number of hydrogen-bond acceptors (Lipinski definition) is 5. The third-order valence-corrected chi connectivity index (χ3v) is 4.31. The quantitative estimate of drug-likeness (QED) is 0.336. The molecular formula is C18H34O5. The number of rotatable bonds is 14. The largest absolute Gasteiger partial charge is 0.388 e. The Morgan fingerprint density at radius 2 is 1.65 bits per heavy atom. The van der Waals surface area contributed by atoms with Crippen LogP contribution < -0.4 is 0 Å². The van der Waals surface area contributed by atoms with Crippen molar-refractivity contribution in [2.45, 2.75) is 82.2 Å². The molecule has 23 heavy (non-hydrogen) atoms. The molecule has 0 radical (unpaired) electrons. The molecule has 0 amide bonds. The lowest BCUT2D eigenvalue weighted by Gasteiger charge is -2.20. The van der Waals surface area contributed by atoms with Crippen molar-refractivity contribution in [2.75, 3.05) is 19.8 Å². The molecular weight excluding hydrogens is 296 g/mol. The summed E-state index contributed by atoms with van der Waals surface area (Å²) in [6.07, 6.45) is 9.35. The van der Waals surface area contributed by atoms with E-state index < -0.39 is 24.4 Å². The van der Waals surface area contributed by atoms with Crippen LogP contribution in [0.2, 0.25) is 0 Å². The van der Waals surface area contributed by atoms with Crippen molar-refractivity contribution < 1.29 is 24.8 Å². The number of aliphatic hydroxyl groups excluding tert-OH is 3. The summed E-state index contributed by atoms with van der Waals surface area (Å²) >= 11 is 0. The minimum atomic E-state index is -1.03. The first-order valence-corrected chi connectivity index (χ1v) is 9.01. The van der Waals surface area contributed by atoms with Crippen molar-refractivity contribution >= 4 is 0 Å². The van der Waals surface area contributed by atoms with E-state index in [2.05, 4.69) is 6.58 Å². The molecule has 5 heteroatoms. The molecule has 4 atom stereocenters. The summed E-state index contributed by atoms with van der Waals surface area (Å²) < 4.78 is 10.6. The molecule has 0 bridgehead atoms. The summed E-state index contributed by atoms with van der Waals surface area (Å²) in [7, 11) is 0. The molecule has 1 aliphatic rings. The van der Waals surface area contributed by atoms with E-state index in [1.807, 2.05) is 6.08 Å². The van der Waals surface area contributed by atoms with Gasteiger partial charge in [0.05, 0.1) is 13.2 Å². The van der Waals surface area contributed by atoms with Crippen LogP contribution in [0.1, 0.15) is 57.8 Å². The molecule has 1 aliphatic heterocycles. The van der Waals surface area contributed by atoms with Gasteiger partial charge in [0.15, 0.2) is 0 Å². The molecule has 0 aromatic carbocycles. The summed E-state index contributed by atoms with van der Waals surface area (Å²) in [5.41, 5.74) is 0. The first kappa shape index (κ1) is 20.6. The van der Waals surface area contributed by atoms with Gasteiger partial charge >= 0.3 is 0 Å². The monoisotopic (exact) mass is 330 g/mol. The Morgan fingerprint density at radius 3 is 2.22 bits per heavy atom. The Kier molecular flexibility index (Phi) is 11.5. The Labute approximate surface area is 140 Å². The highest BCUT2D eigenvalue weighted by molar-refractivity contribution is 4.87. The normalized spacial score (nSPS) is 25.6. The lowest BCUT2D eigenvalue weighted by Crippen LogP contribution is -2.40. The molecule has 0 aromatic heterocycles. The highest BCUT2D eigenvalue weighted by Gasteiger charge is 2.39. The third-order valence-electron chi connectivity index (χ3n) is 4.31. The van der Waals surface area contributed by atoms with Gasteiger partial charge in [-0.3, -0.25) is 0 Å². The number of unbranched alkanes of at least 4 members (excludes halogenated alkanes) is 8. The van der Waals surface area contributed by atoms with E-state index in [4.69, 9.17) is 9.47 Å². The first-order valence-electron chi connectivity index (χ1n) is 9.01. The van der Waals surface area contributed by atoms with E-state index in [0.717, 1.165) is 19.3 Å². The third kappa shape index (κ3) is 8.82. The van der Waals surface area contributed by atoms with E-state index >= 15 is 0 Å². The second-order valence-electron chi connectivity index (χ2n) is 6.40. The lowest BCUT2D eigenvalue weighted by molar-refractivity contribution is -0.0813. The van der Waals surface area contributed by atoms with Crippen LogP contribution in [0, 0.1) is 0 Å². The molecule has 0 spiro atoms. The van der Waals surface area contributed by atoms with Crippen LogP contribution in [0.5, 0.6) is 0 Å². The van der Waals surface area contributed by atoms with Gasteiger partial charge in [0.25, 0.3) is 0 Å². The average Bonchev–Trinajstić information content (AvgIpc) is 2.88. The Morgan fingerprint density at radius 1 is 1.04 bits per heavy atom. The summed E-state index contributed by atoms with van der Waals surface area (Å²) in [5.74, 6) is 0. The Balaban J connectivity index is 1.85. The molecule has 1 rings (SSSR count). The van der Waals surface area contributed by atoms with Crippen molar-refractivity contribution in [1.29, 1.82) is 0 Å². The van der Waals surface area contributed by atoms with Crippen LogP contribution in [0.25, 0.3) is 0 Å². The molecule has 0 aromatic rings. The highest BCUT2D eigenvalue weighted by Crippen LogP contribution is 2.18. The minimum absolute atomic E-state index is 0.0660. The number of hydrogen-bond donors (Lipinski definition) is 3. The predicted octanol–water partition coefficient (Wildman–Crippen LogP) is 2.18. The molecule has 1 saturated heterocycles. The van der Waals surface area contributed by atoms with E-state index in [1.54, 1.807) is 0 Å². The standard InChI is InChI=1S/C18H34O5/c1-2-3-4-5-6-7-8-9-10-11-12-22-13-16(20)18-17(21)15(19)14-23-18/h2,15-21H,1,3-14H2/t15-,16+,17+,18+/m0/s1. The number of allylic oxidation sites excluding steroid dienone is 1. The van der Waals surface area contributed by atoms with Gasteiger partial charge in [-0.25, -0.2) is 0 Å². The molecule has 136 valence electrons. The van der Waals surface area contributed by atoms with Crippen LogP contribution in [0.4, 0.5) is 0 Å². The van der Waals surface area contributed by atoms with Gasteiger partial charge in [-0.1, -0.05) is 44.6 Å². The lowest BCUT2D eigenvalue weighted by atomic mass is 10.1. The molecule has 0 saturated carbocycles. The number of aliphatic hydroxyl groups is 3. The van der Waals surface area contributed by atoms with Crippen molar-refractivity contribution in [3.63, 3.8) is 0 Å². The Bertz CT molecular complexity index is 297. The van der Waals surface area contributed by atoms with Gasteiger partial charge in [0.2, 0.25) is 0 Å². The number of ether oxygens (including phenoxy) is 2. The van der Waals surface area contributed by atoms with E-state index in [-0.39, 0.29) is 13.2 Å². The van der Waals surface area contributed by atoms with Crippen molar-refractivity contribution in [2.24, 2.45) is 0 Å². The van der Waals surface area contributed by atoms with Gasteiger partial charge in [0, 0.05) is 6.61 Å². The van der Waals surface area contributed by atoms with Crippen molar-refractivity contribution in [1.82, 2.24) is 0 Å². The molecule has 5 nitrogen and oxygen atoms in total. The van der Waals surface area contributed by atoms with Crippen LogP contribution in [0.3, 0.4) is 0 Å². The fraction of sp³-hybridized carbons (Fsp3) is 0.889. The zero-order valence-electron chi connectivity index (χ0n) is 14.2. The summed E-state index contributed by atoms with van der Waals surface area (Å²) in [5, 5.41) is 28.9. The summed E-state index contributed by atoms with van der Waals surface area (Å²) in [6.45, 7) is 4.54. The SMILES string of the molecule is C=CCCCCCCCCCCOC[C@@H](O)[C@H]1OC[C@H](O)[C@H]1O. The topological polar surface area (TPSA) is 79.2 Å². The molecule has 1 heterocycles. The smallest absolute Gasteiger partial charge is 0.114 e. The van der Waals surface area contributed by atoms with Crippen LogP contribution in [0.15, 0.2) is 12.7 Å². The van der Waals surface area contributed by atoms with Gasteiger partial charge in [0.1, 0.15) is 24.4 Å². The second kappa shape index (κ2) is 12.9. The zero-order valence-corrected chi connectivity index (χ0v) is 14.2. The first-order chi connectivity index (χ1) is 11.2. The maximum absolute atomic E-state index is 9.87. The van der Waals surface area contributed by atoms with Crippen LogP contribution >= 0.6 is 0 Å². The molecule has 1 fully saturated rings. The van der Waals surface area contributed by atoms with E-state index in [1.165, 1.54) is 38.5 Å². The molecule has 0 aliphatic carbocycles. The second-order valence-corrected chi connectivity index (χ2v) is 6.40. The predicted molar refractivity (Wildman–Crippen MR) is 90.3 cm³/mol. The Hall–Kier alpha value is -0.460. The highest BCUT2D eigenvalue weighted by atomic mass is 16.5.